The maximum atomic E-state index is 11.3. The van der Waals surface area contributed by atoms with Gasteiger partial charge in [-0.1, -0.05) is 5.10 Å². The number of methoxy groups -OCH3 is 1. The van der Waals surface area contributed by atoms with Crippen molar-refractivity contribution < 1.29 is 9.53 Å². The van der Waals surface area contributed by atoms with Gasteiger partial charge in [-0.3, -0.25) is 0 Å². The van der Waals surface area contributed by atoms with E-state index in [2.05, 4.69) is 25.2 Å². The summed E-state index contributed by atoms with van der Waals surface area (Å²) in [6.45, 7) is 1.75. The number of nitrogens with zero attached hydrogens (tertiary/aromatic N) is 5. The zero-order valence-corrected chi connectivity index (χ0v) is 7.63. The van der Waals surface area contributed by atoms with Gasteiger partial charge in [-0.25, -0.2) is 9.78 Å². The van der Waals surface area contributed by atoms with Crippen molar-refractivity contribution in [3.8, 4) is 0 Å². The highest BCUT2D eigenvalue weighted by molar-refractivity contribution is 5.87. The lowest BCUT2D eigenvalue weighted by Gasteiger charge is -2.01. The van der Waals surface area contributed by atoms with Gasteiger partial charge in [-0.2, -0.15) is 4.52 Å². The predicted octanol–water partition coefficient (Wildman–Crippen LogP) is -0.386. The first-order valence-corrected chi connectivity index (χ1v) is 3.86. The van der Waals surface area contributed by atoms with Crippen LogP contribution in [-0.2, 0) is 4.74 Å². The quantitative estimate of drug-likeness (QED) is 0.574. The molecule has 2 aromatic rings. The summed E-state index contributed by atoms with van der Waals surface area (Å²) in [5.74, 6) is -0.210. The maximum Gasteiger partial charge on any atom is 0.356 e. The maximum absolute atomic E-state index is 11.3. The Morgan fingerprint density at radius 3 is 3.07 bits per heavy atom. The van der Waals surface area contributed by atoms with Crippen molar-refractivity contribution in [2.24, 2.45) is 0 Å². The van der Waals surface area contributed by atoms with E-state index >= 15 is 0 Å². The van der Waals surface area contributed by atoms with Gasteiger partial charge in [-0.15, -0.1) is 0 Å². The largest absolute Gasteiger partial charge is 0.464 e. The van der Waals surface area contributed by atoms with Crippen molar-refractivity contribution in [2.75, 3.05) is 7.11 Å². The highest BCUT2D eigenvalue weighted by Crippen LogP contribution is 2.04. The number of aryl methyl sites for hydroxylation is 1. The number of fused-ring (bicyclic) bond motifs is 1. The average molecular weight is 193 g/mol. The zero-order chi connectivity index (χ0) is 10.1. The lowest BCUT2D eigenvalue weighted by molar-refractivity contribution is 0.0590. The fourth-order valence-corrected chi connectivity index (χ4v) is 1.11. The summed E-state index contributed by atoms with van der Waals surface area (Å²) in [5.41, 5.74) is 0.924. The first-order valence-electron chi connectivity index (χ1n) is 3.86. The predicted molar refractivity (Wildman–Crippen MR) is 44.7 cm³/mol. The standard InChI is InChI=1S/C7H7N5O2/c1-4-3-5(6(13)14-2)12-7(8-4)9-10-11-12/h3H,1-2H3. The summed E-state index contributed by atoms with van der Waals surface area (Å²) >= 11 is 0. The molecule has 0 amide bonds. The number of hydrogen-bond acceptors (Lipinski definition) is 6. The van der Waals surface area contributed by atoms with Crippen LogP contribution in [0.15, 0.2) is 6.07 Å². The Kier molecular flexibility index (Phi) is 1.84. The summed E-state index contributed by atoms with van der Waals surface area (Å²) in [4.78, 5) is 15.3. The molecule has 0 radical (unpaired) electrons. The van der Waals surface area contributed by atoms with Crippen molar-refractivity contribution in [1.82, 2.24) is 25.0 Å². The third-order valence-electron chi connectivity index (χ3n) is 1.70. The van der Waals surface area contributed by atoms with Crippen LogP contribution in [0.3, 0.4) is 0 Å². The van der Waals surface area contributed by atoms with E-state index in [1.165, 1.54) is 11.6 Å². The third-order valence-corrected chi connectivity index (χ3v) is 1.70. The summed E-state index contributed by atoms with van der Waals surface area (Å²) in [7, 11) is 1.30. The molecule has 0 aliphatic rings. The smallest absolute Gasteiger partial charge is 0.356 e. The molecule has 2 rings (SSSR count). The monoisotopic (exact) mass is 193 g/mol. The van der Waals surface area contributed by atoms with Gasteiger partial charge < -0.3 is 4.74 Å². The van der Waals surface area contributed by atoms with Crippen LogP contribution < -0.4 is 0 Å². The number of rotatable bonds is 1. The number of carbonyl (C=O) groups is 1. The van der Waals surface area contributed by atoms with Gasteiger partial charge in [0.2, 0.25) is 0 Å². The van der Waals surface area contributed by atoms with Crippen LogP contribution in [0.5, 0.6) is 0 Å². The Morgan fingerprint density at radius 2 is 2.36 bits per heavy atom. The molecule has 72 valence electrons. The van der Waals surface area contributed by atoms with Gasteiger partial charge in [0.25, 0.3) is 5.78 Å². The van der Waals surface area contributed by atoms with Gasteiger partial charge in [0.05, 0.1) is 7.11 Å². The molecule has 0 atom stereocenters. The molecule has 7 heteroatoms. The SMILES string of the molecule is COC(=O)c1cc(C)nc2nnnn12. The van der Waals surface area contributed by atoms with Crippen LogP contribution in [0.25, 0.3) is 5.78 Å². The molecule has 0 fully saturated rings. The fraction of sp³-hybridized carbons (Fsp3) is 0.286. The number of hydrogen-bond donors (Lipinski definition) is 0. The third kappa shape index (κ3) is 1.18. The molecule has 0 bridgehead atoms. The van der Waals surface area contributed by atoms with Gasteiger partial charge in [0.15, 0.2) is 5.69 Å². The van der Waals surface area contributed by atoms with Crippen LogP contribution in [0.4, 0.5) is 0 Å². The number of tetrazole rings is 1. The number of ether oxygens (including phenoxy) is 1. The summed E-state index contributed by atoms with van der Waals surface area (Å²) < 4.78 is 5.82. The minimum Gasteiger partial charge on any atom is -0.464 e. The van der Waals surface area contributed by atoms with Crippen LogP contribution in [0.2, 0.25) is 0 Å². The Bertz CT molecular complexity index is 492. The highest BCUT2D eigenvalue weighted by Gasteiger charge is 2.13. The van der Waals surface area contributed by atoms with Crippen molar-refractivity contribution >= 4 is 11.7 Å². The van der Waals surface area contributed by atoms with E-state index in [-0.39, 0.29) is 11.5 Å². The molecule has 0 unspecified atom stereocenters. The highest BCUT2D eigenvalue weighted by atomic mass is 16.5. The normalized spacial score (nSPS) is 10.4. The number of carbonyl (C=O) groups excluding carboxylic acids is 1. The molecule has 0 spiro atoms. The van der Waals surface area contributed by atoms with E-state index < -0.39 is 5.97 Å². The molecule has 7 nitrogen and oxygen atoms in total. The van der Waals surface area contributed by atoms with Gasteiger partial charge in [0.1, 0.15) is 0 Å². The van der Waals surface area contributed by atoms with Crippen LogP contribution >= 0.6 is 0 Å². The van der Waals surface area contributed by atoms with Crippen LogP contribution in [-0.4, -0.2) is 38.1 Å². The van der Waals surface area contributed by atoms with Gasteiger partial charge in [0, 0.05) is 5.69 Å². The average Bonchev–Trinajstić information content (AvgIpc) is 2.62. The molecule has 0 aliphatic carbocycles. The molecule has 0 saturated heterocycles. The zero-order valence-electron chi connectivity index (χ0n) is 7.63. The Labute approximate surface area is 78.7 Å². The van der Waals surface area contributed by atoms with Crippen molar-refractivity contribution in [3.63, 3.8) is 0 Å². The second-order valence-corrected chi connectivity index (χ2v) is 2.67. The lowest BCUT2D eigenvalue weighted by atomic mass is 10.3. The Hall–Kier alpha value is -2.05. The van der Waals surface area contributed by atoms with E-state index in [1.807, 2.05) is 0 Å². The van der Waals surface area contributed by atoms with E-state index in [4.69, 9.17) is 0 Å². The molecular formula is C7H7N5O2. The van der Waals surface area contributed by atoms with E-state index in [1.54, 1.807) is 13.0 Å². The second kappa shape index (κ2) is 3.02. The van der Waals surface area contributed by atoms with E-state index in [0.29, 0.717) is 5.69 Å². The van der Waals surface area contributed by atoms with Crippen molar-refractivity contribution in [1.29, 1.82) is 0 Å². The second-order valence-electron chi connectivity index (χ2n) is 2.67. The minimum atomic E-state index is -0.493. The van der Waals surface area contributed by atoms with Crippen LogP contribution in [0.1, 0.15) is 16.2 Å². The molecule has 0 N–H and O–H groups in total. The topological polar surface area (TPSA) is 82.3 Å². The summed E-state index contributed by atoms with van der Waals surface area (Å²) in [6, 6.07) is 1.56. The Balaban J connectivity index is 2.72. The molecule has 0 aromatic carbocycles. The molecule has 0 aliphatic heterocycles. The van der Waals surface area contributed by atoms with Gasteiger partial charge in [-0.05, 0) is 23.4 Å². The Morgan fingerprint density at radius 1 is 1.57 bits per heavy atom. The minimum absolute atomic E-state index is 0.264. The number of esters is 1. The molecule has 2 aromatic heterocycles. The van der Waals surface area contributed by atoms with Crippen molar-refractivity contribution in [3.05, 3.63) is 17.5 Å². The van der Waals surface area contributed by atoms with Crippen molar-refractivity contribution in [2.45, 2.75) is 6.92 Å². The molecular weight excluding hydrogens is 186 g/mol. The van der Waals surface area contributed by atoms with E-state index in [9.17, 15) is 4.79 Å². The first-order chi connectivity index (χ1) is 6.72. The summed E-state index contributed by atoms with van der Waals surface area (Å²) in [5, 5.41) is 10.7. The lowest BCUT2D eigenvalue weighted by Crippen LogP contribution is -2.10. The first kappa shape index (κ1) is 8.54. The van der Waals surface area contributed by atoms with E-state index in [0.717, 1.165) is 0 Å². The molecule has 2 heterocycles. The fourth-order valence-electron chi connectivity index (χ4n) is 1.11. The molecule has 14 heavy (non-hydrogen) atoms. The molecule has 0 saturated carbocycles. The summed E-state index contributed by atoms with van der Waals surface area (Å²) in [6.07, 6.45) is 0. The number of aromatic nitrogens is 5. The van der Waals surface area contributed by atoms with Gasteiger partial charge >= 0.3 is 5.97 Å². The van der Waals surface area contributed by atoms with Crippen LogP contribution in [0, 0.1) is 6.92 Å².